The smallest absolute Gasteiger partial charge is 0.390 e. The molecule has 1 aliphatic carbocycles. The van der Waals surface area contributed by atoms with Gasteiger partial charge in [-0.3, -0.25) is 0 Å². The molecule has 0 bridgehead atoms. The molecule has 3 rings (SSSR count). The zero-order chi connectivity index (χ0) is 18.4. The molecule has 0 saturated carbocycles. The van der Waals surface area contributed by atoms with Crippen LogP contribution in [-0.2, 0) is 12.6 Å². The SMILES string of the molecule is CC(C)(O)C1Cc2nnc(-c3cccc(C(F)(F)F)c3)cc2C(O)C1. The molecule has 2 atom stereocenters. The third-order valence-corrected chi connectivity index (χ3v) is 4.70. The molecule has 2 unspecified atom stereocenters. The Bertz CT molecular complexity index is 785. The van der Waals surface area contributed by atoms with Crippen molar-refractivity contribution < 1.29 is 23.4 Å². The highest BCUT2D eigenvalue weighted by Gasteiger charge is 2.36. The van der Waals surface area contributed by atoms with E-state index in [1.807, 2.05) is 0 Å². The van der Waals surface area contributed by atoms with Crippen LogP contribution in [0.5, 0.6) is 0 Å². The third kappa shape index (κ3) is 3.67. The number of rotatable bonds is 2. The van der Waals surface area contributed by atoms with Gasteiger partial charge in [-0.2, -0.15) is 23.4 Å². The van der Waals surface area contributed by atoms with Crippen molar-refractivity contribution >= 4 is 0 Å². The summed E-state index contributed by atoms with van der Waals surface area (Å²) in [5.41, 5.74) is -0.00992. The Labute approximate surface area is 143 Å². The minimum atomic E-state index is -4.43. The second-order valence-corrected chi connectivity index (χ2v) is 7.02. The van der Waals surface area contributed by atoms with Gasteiger partial charge < -0.3 is 10.2 Å². The van der Waals surface area contributed by atoms with Crippen molar-refractivity contribution in [1.82, 2.24) is 10.2 Å². The van der Waals surface area contributed by atoms with Gasteiger partial charge >= 0.3 is 6.18 Å². The highest BCUT2D eigenvalue weighted by molar-refractivity contribution is 5.61. The lowest BCUT2D eigenvalue weighted by Gasteiger charge is -2.35. The van der Waals surface area contributed by atoms with Gasteiger partial charge in [-0.25, -0.2) is 0 Å². The van der Waals surface area contributed by atoms with E-state index in [9.17, 15) is 23.4 Å². The molecular formula is C18H19F3N2O2. The van der Waals surface area contributed by atoms with Gasteiger partial charge in [-0.05, 0) is 50.8 Å². The molecule has 1 heterocycles. The van der Waals surface area contributed by atoms with Crippen molar-refractivity contribution in [2.24, 2.45) is 5.92 Å². The summed E-state index contributed by atoms with van der Waals surface area (Å²) < 4.78 is 38.6. The van der Waals surface area contributed by atoms with Gasteiger partial charge in [0.15, 0.2) is 0 Å². The number of nitrogens with zero attached hydrogens (tertiary/aromatic N) is 2. The Balaban J connectivity index is 1.97. The number of aliphatic hydroxyl groups is 2. The Morgan fingerprint density at radius 1 is 1.12 bits per heavy atom. The number of benzene rings is 1. The van der Waals surface area contributed by atoms with Crippen molar-refractivity contribution in [1.29, 1.82) is 0 Å². The minimum Gasteiger partial charge on any atom is -0.390 e. The van der Waals surface area contributed by atoms with Gasteiger partial charge in [0.25, 0.3) is 0 Å². The summed E-state index contributed by atoms with van der Waals surface area (Å²) in [6.45, 7) is 3.36. The van der Waals surface area contributed by atoms with Crippen molar-refractivity contribution in [3.63, 3.8) is 0 Å². The first-order valence-corrected chi connectivity index (χ1v) is 8.00. The van der Waals surface area contributed by atoms with Gasteiger partial charge in [0.2, 0.25) is 0 Å². The molecule has 134 valence electrons. The van der Waals surface area contributed by atoms with Gasteiger partial charge in [0, 0.05) is 11.1 Å². The second kappa shape index (κ2) is 6.07. The van der Waals surface area contributed by atoms with Gasteiger partial charge in [0.05, 0.1) is 28.7 Å². The van der Waals surface area contributed by atoms with Crippen LogP contribution in [0.3, 0.4) is 0 Å². The number of aromatic nitrogens is 2. The summed E-state index contributed by atoms with van der Waals surface area (Å²) in [5, 5.41) is 28.7. The van der Waals surface area contributed by atoms with Gasteiger partial charge in [-0.1, -0.05) is 12.1 Å². The maximum Gasteiger partial charge on any atom is 0.416 e. The summed E-state index contributed by atoms with van der Waals surface area (Å²) >= 11 is 0. The standard InChI is InChI=1S/C18H19F3N2O2/c1-17(2,25)12-7-15-13(16(24)8-12)9-14(22-23-15)10-4-3-5-11(6-10)18(19,20)21/h3-6,9,12,16,24-25H,7-8H2,1-2H3. The van der Waals surface area contributed by atoms with Crippen LogP contribution in [0.15, 0.2) is 30.3 Å². The van der Waals surface area contributed by atoms with E-state index >= 15 is 0 Å². The van der Waals surface area contributed by atoms with E-state index in [-0.39, 0.29) is 11.6 Å². The van der Waals surface area contributed by atoms with Crippen LogP contribution in [0.4, 0.5) is 13.2 Å². The molecule has 0 fully saturated rings. The Morgan fingerprint density at radius 3 is 2.48 bits per heavy atom. The van der Waals surface area contributed by atoms with Crippen LogP contribution < -0.4 is 0 Å². The van der Waals surface area contributed by atoms with E-state index in [2.05, 4.69) is 10.2 Å². The second-order valence-electron chi connectivity index (χ2n) is 7.02. The Morgan fingerprint density at radius 2 is 1.84 bits per heavy atom. The van der Waals surface area contributed by atoms with Gasteiger partial charge in [0.1, 0.15) is 0 Å². The zero-order valence-electron chi connectivity index (χ0n) is 13.9. The molecule has 1 aliphatic rings. The Kier molecular flexibility index (Phi) is 4.33. The van der Waals surface area contributed by atoms with E-state index in [0.717, 1.165) is 12.1 Å². The molecule has 1 aromatic carbocycles. The largest absolute Gasteiger partial charge is 0.416 e. The summed E-state index contributed by atoms with van der Waals surface area (Å²) in [4.78, 5) is 0. The Hall–Kier alpha value is -1.99. The van der Waals surface area contributed by atoms with Crippen molar-refractivity contribution in [3.05, 3.63) is 47.2 Å². The molecule has 2 N–H and O–H groups in total. The topological polar surface area (TPSA) is 66.2 Å². The normalized spacial score (nSPS) is 21.1. The van der Waals surface area contributed by atoms with E-state index < -0.39 is 23.4 Å². The number of aliphatic hydroxyl groups excluding tert-OH is 1. The fourth-order valence-corrected chi connectivity index (χ4v) is 3.13. The average molecular weight is 352 g/mol. The quantitative estimate of drug-likeness (QED) is 0.868. The summed E-state index contributed by atoms with van der Waals surface area (Å²) in [6, 6.07) is 6.45. The maximum atomic E-state index is 12.9. The van der Waals surface area contributed by atoms with E-state index in [4.69, 9.17) is 0 Å². The first kappa shape index (κ1) is 17.8. The van der Waals surface area contributed by atoms with Crippen molar-refractivity contribution in [3.8, 4) is 11.3 Å². The fourth-order valence-electron chi connectivity index (χ4n) is 3.13. The molecule has 0 saturated heterocycles. The van der Waals surface area contributed by atoms with Crippen LogP contribution in [0, 0.1) is 5.92 Å². The molecule has 7 heteroatoms. The first-order valence-electron chi connectivity index (χ1n) is 8.00. The highest BCUT2D eigenvalue weighted by Crippen LogP contribution is 2.38. The maximum absolute atomic E-state index is 12.9. The van der Waals surface area contributed by atoms with Crippen LogP contribution in [-0.4, -0.2) is 26.0 Å². The lowest BCUT2D eigenvalue weighted by molar-refractivity contribution is -0.137. The molecule has 0 radical (unpaired) electrons. The highest BCUT2D eigenvalue weighted by atomic mass is 19.4. The van der Waals surface area contributed by atoms with E-state index in [0.29, 0.717) is 29.7 Å². The van der Waals surface area contributed by atoms with Crippen molar-refractivity contribution in [2.45, 2.75) is 44.6 Å². The first-order chi connectivity index (χ1) is 11.6. The molecule has 0 aliphatic heterocycles. The van der Waals surface area contributed by atoms with E-state index in [1.54, 1.807) is 19.9 Å². The van der Waals surface area contributed by atoms with Crippen molar-refractivity contribution in [2.75, 3.05) is 0 Å². The average Bonchev–Trinajstić information content (AvgIpc) is 2.53. The molecule has 1 aromatic heterocycles. The van der Waals surface area contributed by atoms with E-state index in [1.165, 1.54) is 12.1 Å². The lowest BCUT2D eigenvalue weighted by Crippen LogP contribution is -2.36. The number of alkyl halides is 3. The molecule has 0 amide bonds. The predicted octanol–water partition coefficient (Wildman–Crippen LogP) is 3.53. The van der Waals surface area contributed by atoms with Crippen LogP contribution in [0.1, 0.15) is 43.2 Å². The number of hydrogen-bond donors (Lipinski definition) is 2. The molecule has 25 heavy (non-hydrogen) atoms. The van der Waals surface area contributed by atoms with Crippen LogP contribution in [0.25, 0.3) is 11.3 Å². The van der Waals surface area contributed by atoms with Gasteiger partial charge in [-0.15, -0.1) is 0 Å². The third-order valence-electron chi connectivity index (χ3n) is 4.70. The van der Waals surface area contributed by atoms with Crippen LogP contribution >= 0.6 is 0 Å². The summed E-state index contributed by atoms with van der Waals surface area (Å²) in [7, 11) is 0. The predicted molar refractivity (Wildman–Crippen MR) is 85.5 cm³/mol. The molecule has 0 spiro atoms. The molecule has 2 aromatic rings. The summed E-state index contributed by atoms with van der Waals surface area (Å²) in [5.74, 6) is -0.163. The molecule has 4 nitrogen and oxygen atoms in total. The molecular weight excluding hydrogens is 333 g/mol. The fraction of sp³-hybridized carbons (Fsp3) is 0.444. The minimum absolute atomic E-state index is 0.163. The van der Waals surface area contributed by atoms with Crippen LogP contribution in [0.2, 0.25) is 0 Å². The number of hydrogen-bond acceptors (Lipinski definition) is 4. The summed E-state index contributed by atoms with van der Waals surface area (Å²) in [6.07, 6.45) is -4.44. The number of fused-ring (bicyclic) bond motifs is 1. The zero-order valence-corrected chi connectivity index (χ0v) is 13.9. The number of halogens is 3. The monoisotopic (exact) mass is 352 g/mol. The lowest BCUT2D eigenvalue weighted by atomic mass is 9.76.